The van der Waals surface area contributed by atoms with Crippen molar-refractivity contribution in [1.82, 2.24) is 15.2 Å². The molecule has 0 radical (unpaired) electrons. The molecule has 2 amide bonds. The largest absolute Gasteiger partial charge is 0.384 e. The van der Waals surface area contributed by atoms with E-state index in [4.69, 9.17) is 34.7 Å². The van der Waals surface area contributed by atoms with Crippen molar-refractivity contribution < 1.29 is 9.59 Å². The van der Waals surface area contributed by atoms with E-state index in [9.17, 15) is 9.59 Å². The predicted octanol–water partition coefficient (Wildman–Crippen LogP) is 2.76. The van der Waals surface area contributed by atoms with Crippen molar-refractivity contribution >= 4 is 52.2 Å². The molecule has 0 saturated carbocycles. The molecule has 10 heteroatoms. The minimum Gasteiger partial charge on any atom is -0.384 e. The fraction of sp³-hybridized carbons (Fsp3) is 0.450. The van der Waals surface area contributed by atoms with E-state index < -0.39 is 18.0 Å². The molecule has 0 spiro atoms. The van der Waals surface area contributed by atoms with Crippen molar-refractivity contribution in [3.05, 3.63) is 43.7 Å². The zero-order valence-electron chi connectivity index (χ0n) is 16.8. The number of aromatic nitrogens is 1. The highest BCUT2D eigenvalue weighted by Crippen LogP contribution is 2.35. The first kappa shape index (κ1) is 22.8. The van der Waals surface area contributed by atoms with E-state index in [2.05, 4.69) is 10.3 Å². The van der Waals surface area contributed by atoms with Crippen molar-refractivity contribution in [2.75, 3.05) is 12.3 Å². The normalized spacial score (nSPS) is 20.3. The van der Waals surface area contributed by atoms with Crippen LogP contribution in [0.3, 0.4) is 0 Å². The van der Waals surface area contributed by atoms with Crippen LogP contribution >= 0.6 is 34.5 Å². The van der Waals surface area contributed by atoms with Crippen LogP contribution in [0.1, 0.15) is 29.5 Å². The predicted molar refractivity (Wildman–Crippen MR) is 121 cm³/mol. The summed E-state index contributed by atoms with van der Waals surface area (Å²) in [5, 5.41) is 3.46. The Bertz CT molecular complexity index is 932. The van der Waals surface area contributed by atoms with Crippen LogP contribution in [0.4, 0.5) is 5.82 Å². The molecular weight excluding hydrogens is 445 g/mol. The molecule has 7 nitrogen and oxygen atoms in total. The lowest BCUT2D eigenvalue weighted by Gasteiger charge is -2.28. The van der Waals surface area contributed by atoms with E-state index in [1.54, 1.807) is 13.0 Å². The van der Waals surface area contributed by atoms with Crippen LogP contribution in [-0.4, -0.2) is 40.3 Å². The molecule has 5 N–H and O–H groups in total. The van der Waals surface area contributed by atoms with Crippen molar-refractivity contribution in [3.8, 4) is 0 Å². The van der Waals surface area contributed by atoms with E-state index in [1.807, 2.05) is 24.0 Å². The molecule has 30 heavy (non-hydrogen) atoms. The molecule has 1 fully saturated rings. The van der Waals surface area contributed by atoms with Gasteiger partial charge in [-0.25, -0.2) is 4.98 Å². The number of halogens is 2. The van der Waals surface area contributed by atoms with E-state index in [0.29, 0.717) is 34.7 Å². The number of hydrogen-bond donors (Lipinski definition) is 3. The molecule has 3 rings (SSSR count). The first-order valence-corrected chi connectivity index (χ1v) is 11.2. The summed E-state index contributed by atoms with van der Waals surface area (Å²) >= 11 is 13.5. The van der Waals surface area contributed by atoms with E-state index in [-0.39, 0.29) is 11.8 Å². The van der Waals surface area contributed by atoms with Gasteiger partial charge >= 0.3 is 0 Å². The summed E-state index contributed by atoms with van der Waals surface area (Å²) in [5.74, 6) is 0.0436. The number of likely N-dealkylation sites (tertiary alicyclic amines) is 1. The number of carbonyl (C=O) groups excluding carboxylic acids is 2. The molecular formula is C20H25Cl2N5O2S. The average molecular weight is 470 g/mol. The topological polar surface area (TPSA) is 114 Å². The summed E-state index contributed by atoms with van der Waals surface area (Å²) in [6.45, 7) is 4.57. The minimum absolute atomic E-state index is 0.166. The number of hydrogen-bond acceptors (Lipinski definition) is 6. The third-order valence-corrected chi connectivity index (χ3v) is 7.37. The molecule has 0 aromatic carbocycles. The van der Waals surface area contributed by atoms with Crippen molar-refractivity contribution in [2.45, 2.75) is 45.3 Å². The Balaban J connectivity index is 1.64. The minimum atomic E-state index is -0.495. The zero-order valence-corrected chi connectivity index (χ0v) is 19.2. The number of primary amides is 1. The molecule has 2 unspecified atom stereocenters. The van der Waals surface area contributed by atoms with Gasteiger partial charge < -0.3 is 16.8 Å². The molecule has 1 aliphatic rings. The molecule has 0 aliphatic carbocycles. The lowest BCUT2D eigenvalue weighted by molar-refractivity contribution is -0.129. The van der Waals surface area contributed by atoms with Crippen LogP contribution in [0.15, 0.2) is 18.2 Å². The van der Waals surface area contributed by atoms with Gasteiger partial charge in [0.05, 0.1) is 17.1 Å². The van der Waals surface area contributed by atoms with Gasteiger partial charge in [0.15, 0.2) is 0 Å². The molecule has 1 aliphatic heterocycles. The fourth-order valence-corrected chi connectivity index (χ4v) is 5.41. The SMILES string of the molecule is Cc1nc(N)ccc1CNC(=O)[C@H](C)N1CC(Cc2cc(Cl)c(Cl)s2)CC1C(N)=O. The summed E-state index contributed by atoms with van der Waals surface area (Å²) in [6.07, 6.45) is 1.34. The highest BCUT2D eigenvalue weighted by atomic mass is 35.5. The number of rotatable bonds is 7. The van der Waals surface area contributed by atoms with Crippen LogP contribution in [0.2, 0.25) is 9.36 Å². The lowest BCUT2D eigenvalue weighted by Crippen LogP contribution is -2.51. The number of anilines is 1. The second-order valence-corrected chi connectivity index (χ2v) is 9.78. The summed E-state index contributed by atoms with van der Waals surface area (Å²) in [6, 6.07) is 4.43. The summed E-state index contributed by atoms with van der Waals surface area (Å²) < 4.78 is 0.563. The first-order chi connectivity index (χ1) is 14.2. The Hall–Kier alpha value is -1.87. The number of nitrogen functional groups attached to an aromatic ring is 1. The highest BCUT2D eigenvalue weighted by Gasteiger charge is 2.40. The number of nitrogens with zero attached hydrogens (tertiary/aromatic N) is 2. The molecule has 0 bridgehead atoms. The second-order valence-electron chi connectivity index (χ2n) is 7.63. The Morgan fingerprint density at radius 3 is 2.73 bits per heavy atom. The maximum absolute atomic E-state index is 12.8. The molecule has 2 aromatic rings. The highest BCUT2D eigenvalue weighted by molar-refractivity contribution is 7.16. The summed E-state index contributed by atoms with van der Waals surface area (Å²) in [5.41, 5.74) is 13.0. The Morgan fingerprint density at radius 2 is 2.13 bits per heavy atom. The Kier molecular flexibility index (Phi) is 7.23. The van der Waals surface area contributed by atoms with Gasteiger partial charge in [-0.3, -0.25) is 14.5 Å². The van der Waals surface area contributed by atoms with Crippen LogP contribution in [0.25, 0.3) is 0 Å². The van der Waals surface area contributed by atoms with Gasteiger partial charge in [0, 0.05) is 23.7 Å². The van der Waals surface area contributed by atoms with Gasteiger partial charge in [0.25, 0.3) is 0 Å². The molecule has 2 aromatic heterocycles. The van der Waals surface area contributed by atoms with Gasteiger partial charge in [-0.1, -0.05) is 29.3 Å². The number of thiophene rings is 1. The smallest absolute Gasteiger partial charge is 0.237 e. The standard InChI is InChI=1S/C20H25Cl2N5O2S/c1-10-13(3-4-17(23)26-10)8-25-20(29)11(2)27-9-12(6-16(27)19(24)28)5-14-7-15(21)18(22)30-14/h3-4,7,11-12,16H,5-6,8-9H2,1-2H3,(H2,23,26)(H2,24,28)(H,25,29)/t11-,12?,16?/m0/s1. The van der Waals surface area contributed by atoms with E-state index in [1.165, 1.54) is 11.3 Å². The van der Waals surface area contributed by atoms with Gasteiger partial charge in [-0.2, -0.15) is 0 Å². The molecule has 1 saturated heterocycles. The molecule has 162 valence electrons. The quantitative estimate of drug-likeness (QED) is 0.576. The zero-order chi connectivity index (χ0) is 22.0. The van der Waals surface area contributed by atoms with Crippen LogP contribution in [0, 0.1) is 12.8 Å². The van der Waals surface area contributed by atoms with Crippen molar-refractivity contribution in [3.63, 3.8) is 0 Å². The maximum atomic E-state index is 12.8. The van der Waals surface area contributed by atoms with Crippen LogP contribution in [0.5, 0.6) is 0 Å². The lowest BCUT2D eigenvalue weighted by atomic mass is 10.0. The molecule has 3 heterocycles. The van der Waals surface area contributed by atoms with Gasteiger partial charge in [0.1, 0.15) is 10.2 Å². The van der Waals surface area contributed by atoms with Gasteiger partial charge in [0.2, 0.25) is 11.8 Å². The van der Waals surface area contributed by atoms with Gasteiger partial charge in [-0.15, -0.1) is 11.3 Å². The number of carbonyl (C=O) groups is 2. The Morgan fingerprint density at radius 1 is 1.40 bits per heavy atom. The number of pyridine rings is 1. The second kappa shape index (κ2) is 9.51. The maximum Gasteiger partial charge on any atom is 0.237 e. The first-order valence-electron chi connectivity index (χ1n) is 9.64. The number of nitrogens with two attached hydrogens (primary N) is 2. The fourth-order valence-electron chi connectivity index (χ4n) is 3.86. The number of aryl methyl sites for hydroxylation is 1. The third kappa shape index (κ3) is 5.24. The van der Waals surface area contributed by atoms with Gasteiger partial charge in [-0.05, 0) is 50.3 Å². The summed E-state index contributed by atoms with van der Waals surface area (Å²) in [4.78, 5) is 32.0. The van der Waals surface area contributed by atoms with Crippen molar-refractivity contribution in [1.29, 1.82) is 0 Å². The number of amides is 2. The van der Waals surface area contributed by atoms with E-state index in [0.717, 1.165) is 22.6 Å². The van der Waals surface area contributed by atoms with Crippen LogP contribution in [-0.2, 0) is 22.6 Å². The van der Waals surface area contributed by atoms with Crippen molar-refractivity contribution in [2.24, 2.45) is 11.7 Å². The Labute approximate surface area is 189 Å². The number of nitrogens with one attached hydrogen (secondary N) is 1. The summed E-state index contributed by atoms with van der Waals surface area (Å²) in [7, 11) is 0. The molecule has 3 atom stereocenters. The van der Waals surface area contributed by atoms with E-state index >= 15 is 0 Å². The van der Waals surface area contributed by atoms with Crippen LogP contribution < -0.4 is 16.8 Å². The monoisotopic (exact) mass is 469 g/mol. The third-order valence-electron chi connectivity index (χ3n) is 5.49. The average Bonchev–Trinajstić information content (AvgIpc) is 3.23.